The zero-order chi connectivity index (χ0) is 15.6. The summed E-state index contributed by atoms with van der Waals surface area (Å²) in [7, 11) is -3.65. The molecule has 1 N–H and O–H groups in total. The molecule has 0 bridgehead atoms. The molecule has 7 heteroatoms. The first-order chi connectivity index (χ1) is 9.86. The number of hydrogen-bond acceptors (Lipinski definition) is 4. The van der Waals surface area contributed by atoms with Crippen LogP contribution in [0.1, 0.15) is 24.5 Å². The highest BCUT2D eigenvalue weighted by atomic mass is 35.5. The van der Waals surface area contributed by atoms with Crippen molar-refractivity contribution in [1.29, 1.82) is 0 Å². The van der Waals surface area contributed by atoms with Crippen LogP contribution in [0.25, 0.3) is 0 Å². The Balaban J connectivity index is 2.46. The lowest BCUT2D eigenvalue weighted by Crippen LogP contribution is -2.36. The van der Waals surface area contributed by atoms with Crippen molar-refractivity contribution in [2.24, 2.45) is 0 Å². The fraction of sp³-hybridized carbons (Fsp3) is 0.571. The van der Waals surface area contributed by atoms with Gasteiger partial charge >= 0.3 is 0 Å². The highest BCUT2D eigenvalue weighted by Crippen LogP contribution is 2.28. The largest absolute Gasteiger partial charge is 0.392 e. The summed E-state index contributed by atoms with van der Waals surface area (Å²) in [6.45, 7) is 4.61. The predicted molar refractivity (Wildman–Crippen MR) is 80.9 cm³/mol. The van der Waals surface area contributed by atoms with Crippen molar-refractivity contribution in [3.8, 4) is 0 Å². The third kappa shape index (κ3) is 3.57. The van der Waals surface area contributed by atoms with Gasteiger partial charge in [-0.1, -0.05) is 11.6 Å². The Morgan fingerprint density at radius 2 is 2.19 bits per heavy atom. The maximum absolute atomic E-state index is 12.9. The van der Waals surface area contributed by atoms with Crippen LogP contribution in [0.4, 0.5) is 0 Å². The maximum atomic E-state index is 12.9. The summed E-state index contributed by atoms with van der Waals surface area (Å²) in [6.07, 6.45) is 0.523. The summed E-state index contributed by atoms with van der Waals surface area (Å²) in [5.41, 5.74) is 1.07. The molecule has 21 heavy (non-hydrogen) atoms. The molecule has 1 unspecified atom stereocenters. The molecular formula is C14H20ClNO4S. The fourth-order valence-corrected chi connectivity index (χ4v) is 4.61. The van der Waals surface area contributed by atoms with Gasteiger partial charge in [0.2, 0.25) is 10.0 Å². The van der Waals surface area contributed by atoms with E-state index < -0.39 is 10.0 Å². The Hall–Kier alpha value is -0.660. The van der Waals surface area contributed by atoms with E-state index in [1.54, 1.807) is 13.0 Å². The normalized spacial score (nSPS) is 21.2. The number of halogens is 1. The van der Waals surface area contributed by atoms with Crippen molar-refractivity contribution >= 4 is 21.6 Å². The molecule has 5 nitrogen and oxygen atoms in total. The minimum atomic E-state index is -3.65. The summed E-state index contributed by atoms with van der Waals surface area (Å²) >= 11 is 5.99. The van der Waals surface area contributed by atoms with Crippen molar-refractivity contribution in [1.82, 2.24) is 4.31 Å². The summed E-state index contributed by atoms with van der Waals surface area (Å²) < 4.78 is 32.6. The molecule has 0 spiro atoms. The van der Waals surface area contributed by atoms with E-state index in [-0.39, 0.29) is 17.6 Å². The number of sulfonamides is 1. The summed E-state index contributed by atoms with van der Waals surface area (Å²) in [6, 6.07) is 3.03. The van der Waals surface area contributed by atoms with E-state index in [9.17, 15) is 13.5 Å². The van der Waals surface area contributed by atoms with Gasteiger partial charge in [0.25, 0.3) is 0 Å². The number of hydrogen-bond donors (Lipinski definition) is 1. The molecule has 1 heterocycles. The lowest BCUT2D eigenvalue weighted by atomic mass is 10.1. The second-order valence-corrected chi connectivity index (χ2v) is 7.59. The van der Waals surface area contributed by atoms with E-state index in [4.69, 9.17) is 16.3 Å². The van der Waals surface area contributed by atoms with E-state index >= 15 is 0 Å². The Labute approximate surface area is 130 Å². The van der Waals surface area contributed by atoms with Gasteiger partial charge in [-0.05, 0) is 43.5 Å². The first-order valence-electron chi connectivity index (χ1n) is 6.88. The average Bonchev–Trinajstić information content (AvgIpc) is 2.66. The van der Waals surface area contributed by atoms with Crippen LogP contribution < -0.4 is 0 Å². The van der Waals surface area contributed by atoms with Gasteiger partial charge in [0.15, 0.2) is 0 Å². The van der Waals surface area contributed by atoms with Crippen LogP contribution in [0.5, 0.6) is 0 Å². The third-order valence-corrected chi connectivity index (χ3v) is 5.85. The molecule has 1 fully saturated rings. The lowest BCUT2D eigenvalue weighted by molar-refractivity contribution is 0.0752. The Bertz CT molecular complexity index is 618. The van der Waals surface area contributed by atoms with E-state index in [0.717, 1.165) is 0 Å². The highest BCUT2D eigenvalue weighted by molar-refractivity contribution is 7.89. The molecule has 0 saturated carbocycles. The Kier molecular flexibility index (Phi) is 5.27. The molecule has 1 atom stereocenters. The molecule has 0 radical (unpaired) electrons. The van der Waals surface area contributed by atoms with Crippen LogP contribution in [-0.2, 0) is 21.4 Å². The van der Waals surface area contributed by atoms with Crippen molar-refractivity contribution < 1.29 is 18.3 Å². The van der Waals surface area contributed by atoms with Crippen molar-refractivity contribution in [2.45, 2.75) is 37.9 Å². The third-order valence-electron chi connectivity index (χ3n) is 3.64. The number of aliphatic hydroxyl groups excluding tert-OH is 1. The second kappa shape index (κ2) is 6.62. The van der Waals surface area contributed by atoms with E-state index in [0.29, 0.717) is 42.3 Å². The quantitative estimate of drug-likeness (QED) is 0.918. The van der Waals surface area contributed by atoms with Gasteiger partial charge in [-0.15, -0.1) is 0 Å². The van der Waals surface area contributed by atoms with E-state index in [1.165, 1.54) is 10.4 Å². The predicted octanol–water partition coefficient (Wildman–Crippen LogP) is 1.94. The van der Waals surface area contributed by atoms with Crippen molar-refractivity contribution in [2.75, 3.05) is 19.7 Å². The zero-order valence-corrected chi connectivity index (χ0v) is 13.7. The number of rotatable bonds is 3. The van der Waals surface area contributed by atoms with Crippen LogP contribution in [0.15, 0.2) is 17.0 Å². The maximum Gasteiger partial charge on any atom is 0.243 e. The monoisotopic (exact) mass is 333 g/mol. The summed E-state index contributed by atoms with van der Waals surface area (Å²) in [5, 5.41) is 9.65. The fourth-order valence-electron chi connectivity index (χ4n) is 2.45. The lowest BCUT2D eigenvalue weighted by Gasteiger charge is -2.23. The van der Waals surface area contributed by atoms with Crippen molar-refractivity contribution in [3.05, 3.63) is 28.3 Å². The molecule has 1 aliphatic heterocycles. The standard InChI is InChI=1S/C14H20ClNO4S/c1-10-8-16(4-3-5-20-10)21(18,19)14-7-13(15)6-12(9-17)11(14)2/h6-7,10,17H,3-5,8-9H2,1-2H3. The number of ether oxygens (including phenoxy) is 1. The molecule has 0 aliphatic carbocycles. The van der Waals surface area contributed by atoms with Gasteiger partial charge in [0.1, 0.15) is 0 Å². The molecule has 1 saturated heterocycles. The van der Waals surface area contributed by atoms with Crippen LogP contribution in [-0.4, -0.2) is 43.6 Å². The molecule has 0 aromatic heterocycles. The number of nitrogens with zero attached hydrogens (tertiary/aromatic N) is 1. The Morgan fingerprint density at radius 1 is 1.48 bits per heavy atom. The van der Waals surface area contributed by atoms with Crippen molar-refractivity contribution in [3.63, 3.8) is 0 Å². The number of aliphatic hydroxyl groups is 1. The minimum Gasteiger partial charge on any atom is -0.392 e. The molecule has 1 aromatic rings. The molecule has 0 amide bonds. The summed E-state index contributed by atoms with van der Waals surface area (Å²) in [4.78, 5) is 0.160. The molecule has 118 valence electrons. The van der Waals surface area contributed by atoms with Gasteiger partial charge in [0.05, 0.1) is 17.6 Å². The first kappa shape index (κ1) is 16.7. The molecule has 1 aromatic carbocycles. The first-order valence-corrected chi connectivity index (χ1v) is 8.69. The van der Waals surface area contributed by atoms with E-state index in [1.807, 2.05) is 6.92 Å². The second-order valence-electron chi connectivity index (χ2n) is 5.24. The average molecular weight is 334 g/mol. The molecule has 1 aliphatic rings. The van der Waals surface area contributed by atoms with Gasteiger partial charge in [-0.3, -0.25) is 0 Å². The summed E-state index contributed by atoms with van der Waals surface area (Å²) in [5.74, 6) is 0. The smallest absolute Gasteiger partial charge is 0.243 e. The van der Waals surface area contributed by atoms with Crippen LogP contribution in [0, 0.1) is 6.92 Å². The van der Waals surface area contributed by atoms with Gasteiger partial charge in [0, 0.05) is 24.7 Å². The molecular weight excluding hydrogens is 314 g/mol. The molecule has 2 rings (SSSR count). The highest BCUT2D eigenvalue weighted by Gasteiger charge is 2.30. The SMILES string of the molecule is Cc1c(CO)cc(Cl)cc1S(=O)(=O)N1CCCOC(C)C1. The van der Waals surface area contributed by atoms with Crippen LogP contribution in [0.2, 0.25) is 5.02 Å². The van der Waals surface area contributed by atoms with Crippen LogP contribution >= 0.6 is 11.6 Å². The van der Waals surface area contributed by atoms with E-state index in [2.05, 4.69) is 0 Å². The minimum absolute atomic E-state index is 0.140. The van der Waals surface area contributed by atoms with Gasteiger partial charge in [-0.25, -0.2) is 8.42 Å². The number of benzene rings is 1. The topological polar surface area (TPSA) is 66.8 Å². The van der Waals surface area contributed by atoms with Crippen LogP contribution in [0.3, 0.4) is 0 Å². The Morgan fingerprint density at radius 3 is 2.86 bits per heavy atom. The van der Waals surface area contributed by atoms with Gasteiger partial charge < -0.3 is 9.84 Å². The van der Waals surface area contributed by atoms with Gasteiger partial charge in [-0.2, -0.15) is 4.31 Å². The zero-order valence-electron chi connectivity index (χ0n) is 12.2.